The van der Waals surface area contributed by atoms with Crippen molar-refractivity contribution in [3.8, 4) is 11.1 Å². The minimum absolute atomic E-state index is 0.122. The second kappa shape index (κ2) is 5.50. The highest BCUT2D eigenvalue weighted by molar-refractivity contribution is 5.94. The van der Waals surface area contributed by atoms with Crippen LogP contribution in [-0.4, -0.2) is 12.5 Å². The number of benzene rings is 2. The Morgan fingerprint density at radius 3 is 2.70 bits per heavy atom. The molecule has 0 bridgehead atoms. The summed E-state index contributed by atoms with van der Waals surface area (Å²) >= 11 is 0. The van der Waals surface area contributed by atoms with Gasteiger partial charge in [-0.3, -0.25) is 4.79 Å². The van der Waals surface area contributed by atoms with Crippen LogP contribution in [0.1, 0.15) is 42.5 Å². The molecular weight excluding hydrogens is 284 g/mol. The summed E-state index contributed by atoms with van der Waals surface area (Å²) in [7, 11) is 0. The number of fused-ring (bicyclic) bond motifs is 2. The number of rotatable bonds is 1. The van der Waals surface area contributed by atoms with Crippen molar-refractivity contribution in [1.29, 1.82) is 0 Å². The van der Waals surface area contributed by atoms with Crippen molar-refractivity contribution in [3.63, 3.8) is 0 Å². The van der Waals surface area contributed by atoms with Crippen LogP contribution in [-0.2, 0) is 17.6 Å². The van der Waals surface area contributed by atoms with Crippen molar-refractivity contribution in [2.75, 3.05) is 11.4 Å². The van der Waals surface area contributed by atoms with Gasteiger partial charge in [-0.15, -0.1) is 0 Å². The van der Waals surface area contributed by atoms with E-state index in [1.807, 2.05) is 4.90 Å². The summed E-state index contributed by atoms with van der Waals surface area (Å²) in [6.45, 7) is 2.43. The molecule has 0 radical (unpaired) electrons. The fourth-order valence-electron chi connectivity index (χ4n) is 3.92. The van der Waals surface area contributed by atoms with Crippen LogP contribution < -0.4 is 10.6 Å². The lowest BCUT2D eigenvalue weighted by molar-refractivity contribution is -0.116. The van der Waals surface area contributed by atoms with Gasteiger partial charge >= 0.3 is 0 Å². The third-order valence-electron chi connectivity index (χ3n) is 5.20. The molecule has 3 nitrogen and oxygen atoms in total. The summed E-state index contributed by atoms with van der Waals surface area (Å²) in [5.74, 6) is 0.122. The third-order valence-corrected chi connectivity index (χ3v) is 5.20. The number of carbonyl (C=O) groups is 1. The third kappa shape index (κ3) is 2.45. The van der Waals surface area contributed by atoms with Crippen molar-refractivity contribution in [1.82, 2.24) is 0 Å². The van der Waals surface area contributed by atoms with Crippen molar-refractivity contribution in [2.45, 2.75) is 38.6 Å². The van der Waals surface area contributed by atoms with E-state index in [0.717, 1.165) is 31.5 Å². The molecule has 2 aliphatic rings. The van der Waals surface area contributed by atoms with Gasteiger partial charge in [-0.25, -0.2) is 0 Å². The molecule has 0 aromatic heterocycles. The van der Waals surface area contributed by atoms with Gasteiger partial charge in [0.1, 0.15) is 0 Å². The lowest BCUT2D eigenvalue weighted by Crippen LogP contribution is -2.25. The highest BCUT2D eigenvalue weighted by atomic mass is 16.2. The van der Waals surface area contributed by atoms with Crippen LogP contribution in [0.25, 0.3) is 11.1 Å². The molecule has 3 heteroatoms. The SMILES string of the molecule is CC(=O)N1CCc2cc(-c3ccc4c(c3)C(N)CCC4)ccc21. The number of aryl methyl sites for hydroxylation is 1. The van der Waals surface area contributed by atoms with Crippen LogP contribution >= 0.6 is 0 Å². The predicted molar refractivity (Wildman–Crippen MR) is 93.5 cm³/mol. The monoisotopic (exact) mass is 306 g/mol. The number of hydrogen-bond acceptors (Lipinski definition) is 2. The topological polar surface area (TPSA) is 46.3 Å². The van der Waals surface area contributed by atoms with Crippen LogP contribution in [0.15, 0.2) is 36.4 Å². The molecule has 23 heavy (non-hydrogen) atoms. The summed E-state index contributed by atoms with van der Waals surface area (Å²) in [6.07, 6.45) is 4.34. The Morgan fingerprint density at radius 1 is 1.09 bits per heavy atom. The van der Waals surface area contributed by atoms with Crippen LogP contribution in [0.2, 0.25) is 0 Å². The number of amides is 1. The Labute approximate surface area is 137 Å². The van der Waals surface area contributed by atoms with Gasteiger partial charge in [-0.1, -0.05) is 18.2 Å². The zero-order valence-corrected chi connectivity index (χ0v) is 13.5. The lowest BCUT2D eigenvalue weighted by Gasteiger charge is -2.23. The molecule has 1 unspecified atom stereocenters. The molecule has 118 valence electrons. The maximum atomic E-state index is 11.7. The molecule has 4 rings (SSSR count). The first kappa shape index (κ1) is 14.5. The Morgan fingerprint density at radius 2 is 1.87 bits per heavy atom. The number of carbonyl (C=O) groups excluding carboxylic acids is 1. The molecule has 2 aromatic rings. The molecule has 0 saturated carbocycles. The molecule has 0 saturated heterocycles. The number of hydrogen-bond donors (Lipinski definition) is 1. The van der Waals surface area contributed by atoms with E-state index < -0.39 is 0 Å². The molecule has 2 aromatic carbocycles. The maximum Gasteiger partial charge on any atom is 0.223 e. The molecule has 1 aliphatic carbocycles. The van der Waals surface area contributed by atoms with Gasteiger partial charge in [0.05, 0.1) is 0 Å². The first-order valence-corrected chi connectivity index (χ1v) is 8.43. The summed E-state index contributed by atoms with van der Waals surface area (Å²) in [4.78, 5) is 13.5. The minimum Gasteiger partial charge on any atom is -0.324 e. The van der Waals surface area contributed by atoms with Gasteiger partial charge in [0, 0.05) is 25.2 Å². The van der Waals surface area contributed by atoms with Crippen LogP contribution in [0.4, 0.5) is 5.69 Å². The molecular formula is C20H22N2O. The van der Waals surface area contributed by atoms with E-state index in [-0.39, 0.29) is 11.9 Å². The molecule has 0 fully saturated rings. The smallest absolute Gasteiger partial charge is 0.223 e. The first-order valence-electron chi connectivity index (χ1n) is 8.43. The van der Waals surface area contributed by atoms with E-state index >= 15 is 0 Å². The number of nitrogens with zero attached hydrogens (tertiary/aromatic N) is 1. The lowest BCUT2D eigenvalue weighted by atomic mass is 9.86. The molecule has 1 amide bonds. The molecule has 1 atom stereocenters. The maximum absolute atomic E-state index is 11.7. The summed E-state index contributed by atoms with van der Waals surface area (Å²) in [6, 6.07) is 13.3. The van der Waals surface area contributed by atoms with Crippen LogP contribution in [0.5, 0.6) is 0 Å². The van der Waals surface area contributed by atoms with Crippen molar-refractivity contribution in [2.24, 2.45) is 5.73 Å². The fourth-order valence-corrected chi connectivity index (χ4v) is 3.92. The quantitative estimate of drug-likeness (QED) is 0.875. The standard InChI is InChI=1S/C20H22N2O/c1-13(23)22-10-9-17-11-15(7-8-20(17)22)16-6-5-14-3-2-4-19(21)18(14)12-16/h5-8,11-12,19H,2-4,9-10,21H2,1H3. The minimum atomic E-state index is 0.122. The first-order chi connectivity index (χ1) is 11.1. The van der Waals surface area contributed by atoms with Gasteiger partial charge < -0.3 is 10.6 Å². The van der Waals surface area contributed by atoms with Crippen LogP contribution in [0.3, 0.4) is 0 Å². The largest absolute Gasteiger partial charge is 0.324 e. The Bertz CT molecular complexity index is 781. The van der Waals surface area contributed by atoms with E-state index in [0.29, 0.717) is 0 Å². The van der Waals surface area contributed by atoms with E-state index in [4.69, 9.17) is 5.73 Å². The van der Waals surface area contributed by atoms with Gasteiger partial charge in [-0.2, -0.15) is 0 Å². The van der Waals surface area contributed by atoms with E-state index in [9.17, 15) is 4.79 Å². The fraction of sp³-hybridized carbons (Fsp3) is 0.350. The van der Waals surface area contributed by atoms with E-state index in [1.165, 1.54) is 34.2 Å². The number of anilines is 1. The van der Waals surface area contributed by atoms with Crippen molar-refractivity contribution in [3.05, 3.63) is 53.1 Å². The molecule has 2 N–H and O–H groups in total. The Hall–Kier alpha value is -2.13. The van der Waals surface area contributed by atoms with Gasteiger partial charge in [0.15, 0.2) is 0 Å². The highest BCUT2D eigenvalue weighted by Crippen LogP contribution is 2.35. The second-order valence-electron chi connectivity index (χ2n) is 6.68. The van der Waals surface area contributed by atoms with E-state index in [2.05, 4.69) is 36.4 Å². The molecule has 0 spiro atoms. The zero-order valence-electron chi connectivity index (χ0n) is 13.5. The average Bonchev–Trinajstić information content (AvgIpc) is 2.98. The molecule has 1 heterocycles. The second-order valence-corrected chi connectivity index (χ2v) is 6.68. The van der Waals surface area contributed by atoms with Crippen molar-refractivity contribution < 1.29 is 4.79 Å². The molecule has 1 aliphatic heterocycles. The normalized spacial score (nSPS) is 19.4. The van der Waals surface area contributed by atoms with Gasteiger partial charge in [0.2, 0.25) is 5.91 Å². The number of nitrogens with two attached hydrogens (primary N) is 1. The highest BCUT2D eigenvalue weighted by Gasteiger charge is 2.23. The summed E-state index contributed by atoms with van der Waals surface area (Å²) in [5.41, 5.74) is 13.8. The van der Waals surface area contributed by atoms with E-state index in [1.54, 1.807) is 6.92 Å². The van der Waals surface area contributed by atoms with Crippen molar-refractivity contribution >= 4 is 11.6 Å². The van der Waals surface area contributed by atoms with Crippen LogP contribution in [0, 0.1) is 0 Å². The zero-order chi connectivity index (χ0) is 16.0. The average molecular weight is 306 g/mol. The predicted octanol–water partition coefficient (Wildman–Crippen LogP) is 3.60. The Kier molecular flexibility index (Phi) is 3.46. The summed E-state index contributed by atoms with van der Waals surface area (Å²) in [5, 5.41) is 0. The summed E-state index contributed by atoms with van der Waals surface area (Å²) < 4.78 is 0. The van der Waals surface area contributed by atoms with Gasteiger partial charge in [0.25, 0.3) is 0 Å². The van der Waals surface area contributed by atoms with Gasteiger partial charge in [-0.05, 0) is 71.7 Å². The Balaban J connectivity index is 1.72.